The molecular formula is C28H35FN6O2. The minimum Gasteiger partial charge on any atom is -0.333 e. The lowest BCUT2D eigenvalue weighted by atomic mass is 10.1. The molecule has 3 aromatic rings. The summed E-state index contributed by atoms with van der Waals surface area (Å²) in [6, 6.07) is 9.59. The molecule has 0 unspecified atom stereocenters. The Morgan fingerprint density at radius 3 is 2.46 bits per heavy atom. The maximum absolute atomic E-state index is 14.5. The number of hydrogen-bond acceptors (Lipinski definition) is 5. The van der Waals surface area contributed by atoms with Crippen molar-refractivity contribution < 1.29 is 14.0 Å². The lowest BCUT2D eigenvalue weighted by Crippen LogP contribution is -2.40. The predicted molar refractivity (Wildman–Crippen MR) is 141 cm³/mol. The number of anilines is 1. The quantitative estimate of drug-likeness (QED) is 0.535. The molecule has 0 spiro atoms. The number of aromatic nitrogens is 3. The van der Waals surface area contributed by atoms with Crippen molar-refractivity contribution in [3.05, 3.63) is 77.6 Å². The first-order chi connectivity index (χ1) is 17.8. The van der Waals surface area contributed by atoms with Crippen LogP contribution in [-0.4, -0.2) is 69.1 Å². The number of benzene rings is 1. The van der Waals surface area contributed by atoms with Gasteiger partial charge in [-0.15, -0.1) is 0 Å². The molecule has 0 atom stereocenters. The summed E-state index contributed by atoms with van der Waals surface area (Å²) in [4.78, 5) is 37.2. The Morgan fingerprint density at radius 2 is 1.78 bits per heavy atom. The molecule has 4 rings (SSSR count). The number of rotatable bonds is 4. The topological polar surface area (TPSA) is 74.6 Å². The third-order valence-corrected chi connectivity index (χ3v) is 6.56. The molecule has 0 saturated heterocycles. The number of halogens is 1. The lowest BCUT2D eigenvalue weighted by molar-refractivity contribution is 0.0722. The Kier molecular flexibility index (Phi) is 8.66. The van der Waals surface area contributed by atoms with Gasteiger partial charge in [-0.25, -0.2) is 4.39 Å². The van der Waals surface area contributed by atoms with Gasteiger partial charge in [0.15, 0.2) is 0 Å². The molecule has 1 aliphatic rings. The minimum absolute atomic E-state index is 0.173. The van der Waals surface area contributed by atoms with Crippen molar-refractivity contribution in [2.75, 3.05) is 37.6 Å². The zero-order valence-electron chi connectivity index (χ0n) is 21.8. The molecule has 0 radical (unpaired) electrons. The molecule has 37 heavy (non-hydrogen) atoms. The fourth-order valence-electron chi connectivity index (χ4n) is 4.87. The average Bonchev–Trinajstić information content (AvgIpc) is 3.30. The van der Waals surface area contributed by atoms with E-state index in [9.17, 15) is 14.0 Å². The van der Waals surface area contributed by atoms with E-state index in [0.29, 0.717) is 41.5 Å². The maximum atomic E-state index is 14.5. The molecule has 1 aromatic carbocycles. The highest BCUT2D eigenvalue weighted by Crippen LogP contribution is 2.27. The molecule has 196 valence electrons. The van der Waals surface area contributed by atoms with Gasteiger partial charge in [-0.3, -0.25) is 19.3 Å². The first kappa shape index (κ1) is 26.5. The van der Waals surface area contributed by atoms with E-state index in [2.05, 4.69) is 28.8 Å². The number of aryl methyl sites for hydroxylation is 1. The third kappa shape index (κ3) is 6.60. The Morgan fingerprint density at radius 1 is 1.00 bits per heavy atom. The molecule has 1 aliphatic heterocycles. The number of amides is 2. The third-order valence-electron chi connectivity index (χ3n) is 6.56. The van der Waals surface area contributed by atoms with Gasteiger partial charge in [0, 0.05) is 57.5 Å². The van der Waals surface area contributed by atoms with Crippen molar-refractivity contribution in [2.45, 2.75) is 33.2 Å². The fraction of sp³-hybridized carbons (Fsp3) is 0.429. The van der Waals surface area contributed by atoms with E-state index < -0.39 is 5.82 Å². The van der Waals surface area contributed by atoms with E-state index in [1.54, 1.807) is 64.4 Å². The number of hydrogen-bond donors (Lipinski definition) is 0. The van der Waals surface area contributed by atoms with Crippen LogP contribution in [0.15, 0.2) is 55.0 Å². The average molecular weight is 507 g/mol. The van der Waals surface area contributed by atoms with E-state index in [1.165, 1.54) is 12.1 Å². The summed E-state index contributed by atoms with van der Waals surface area (Å²) in [6.45, 7) is 8.13. The highest BCUT2D eigenvalue weighted by Gasteiger charge is 2.26. The van der Waals surface area contributed by atoms with Gasteiger partial charge in [0.05, 0.1) is 5.56 Å². The van der Waals surface area contributed by atoms with Crippen LogP contribution in [0.4, 0.5) is 10.1 Å². The van der Waals surface area contributed by atoms with Crippen LogP contribution >= 0.6 is 0 Å². The van der Waals surface area contributed by atoms with Crippen LogP contribution in [0.2, 0.25) is 0 Å². The van der Waals surface area contributed by atoms with Crippen LogP contribution in [-0.2, 0) is 13.6 Å². The second kappa shape index (κ2) is 12.1. The van der Waals surface area contributed by atoms with Gasteiger partial charge in [0.2, 0.25) is 0 Å². The highest BCUT2D eigenvalue weighted by molar-refractivity contribution is 6.06. The Hall–Kier alpha value is -3.59. The summed E-state index contributed by atoms with van der Waals surface area (Å²) in [5.41, 5.74) is 2.13. The molecule has 2 aromatic heterocycles. The first-order valence-electron chi connectivity index (χ1n) is 12.8. The van der Waals surface area contributed by atoms with Gasteiger partial charge in [-0.2, -0.15) is 5.10 Å². The highest BCUT2D eigenvalue weighted by atomic mass is 19.1. The lowest BCUT2D eigenvalue weighted by Gasteiger charge is -2.32. The van der Waals surface area contributed by atoms with Crippen LogP contribution in [0.1, 0.15) is 53.1 Å². The van der Waals surface area contributed by atoms with Gasteiger partial charge in [0.25, 0.3) is 11.8 Å². The second-order valence-electron chi connectivity index (χ2n) is 9.94. The molecule has 3 heterocycles. The van der Waals surface area contributed by atoms with Gasteiger partial charge in [-0.1, -0.05) is 13.8 Å². The van der Waals surface area contributed by atoms with E-state index in [-0.39, 0.29) is 18.4 Å². The van der Waals surface area contributed by atoms with Crippen LogP contribution in [0.25, 0.3) is 0 Å². The summed E-state index contributed by atoms with van der Waals surface area (Å²) in [7, 11) is 1.73. The summed E-state index contributed by atoms with van der Waals surface area (Å²) in [5, 5.41) is 4.15. The van der Waals surface area contributed by atoms with Crippen molar-refractivity contribution in [3.63, 3.8) is 0 Å². The number of pyridine rings is 1. The SMILES string of the molecule is CC(C)CN1CCCN(C(=O)c2ccnn2C)Cc2cc(F)ccc2N(C(=O)c2cccnc2)CCC1. The van der Waals surface area contributed by atoms with E-state index in [4.69, 9.17) is 0 Å². The molecule has 0 N–H and O–H groups in total. The number of fused-ring (bicyclic) bond motifs is 1. The zero-order chi connectivity index (χ0) is 26.4. The van der Waals surface area contributed by atoms with E-state index in [1.807, 2.05) is 0 Å². The molecule has 9 heteroatoms. The Bertz CT molecular complexity index is 1210. The largest absolute Gasteiger partial charge is 0.333 e. The van der Waals surface area contributed by atoms with E-state index >= 15 is 0 Å². The summed E-state index contributed by atoms with van der Waals surface area (Å²) >= 11 is 0. The Balaban J connectivity index is 1.74. The zero-order valence-corrected chi connectivity index (χ0v) is 21.8. The Labute approximate surface area is 217 Å². The molecule has 0 bridgehead atoms. The number of carbonyl (C=O) groups is 2. The van der Waals surface area contributed by atoms with Gasteiger partial charge in [-0.05, 0) is 73.8 Å². The standard InChI is InChI=1S/C28H35FN6O2/c1-21(2)19-33-13-5-15-34(28(37)26-10-12-31-32(26)3)20-23-17-24(29)8-9-25(23)35(16-6-14-33)27(36)22-7-4-11-30-18-22/h4,7-12,17-18,21H,5-6,13-16,19-20H2,1-3H3. The van der Waals surface area contributed by atoms with Crippen molar-refractivity contribution >= 4 is 17.5 Å². The molecule has 0 fully saturated rings. The van der Waals surface area contributed by atoms with Gasteiger partial charge < -0.3 is 14.7 Å². The van der Waals surface area contributed by atoms with Crippen LogP contribution in [0.5, 0.6) is 0 Å². The van der Waals surface area contributed by atoms with Crippen molar-refractivity contribution in [2.24, 2.45) is 13.0 Å². The summed E-state index contributed by atoms with van der Waals surface area (Å²) in [5.74, 6) is -0.279. The number of nitrogens with zero attached hydrogens (tertiary/aromatic N) is 6. The van der Waals surface area contributed by atoms with Crippen molar-refractivity contribution in [1.29, 1.82) is 0 Å². The molecule has 2 amide bonds. The summed E-state index contributed by atoms with van der Waals surface area (Å²) < 4.78 is 16.1. The number of carbonyl (C=O) groups excluding carboxylic acids is 2. The maximum Gasteiger partial charge on any atom is 0.272 e. The smallest absolute Gasteiger partial charge is 0.272 e. The van der Waals surface area contributed by atoms with Gasteiger partial charge >= 0.3 is 0 Å². The van der Waals surface area contributed by atoms with Crippen molar-refractivity contribution in [3.8, 4) is 0 Å². The molecule has 0 saturated carbocycles. The van der Waals surface area contributed by atoms with Gasteiger partial charge in [0.1, 0.15) is 11.5 Å². The first-order valence-corrected chi connectivity index (χ1v) is 12.8. The molecule has 0 aliphatic carbocycles. The summed E-state index contributed by atoms with van der Waals surface area (Å²) in [6.07, 6.45) is 6.33. The van der Waals surface area contributed by atoms with Crippen LogP contribution in [0, 0.1) is 11.7 Å². The monoisotopic (exact) mass is 506 g/mol. The molecule has 8 nitrogen and oxygen atoms in total. The second-order valence-corrected chi connectivity index (χ2v) is 9.94. The fourth-order valence-corrected chi connectivity index (χ4v) is 4.87. The minimum atomic E-state index is -0.407. The van der Waals surface area contributed by atoms with E-state index in [0.717, 1.165) is 32.5 Å². The normalized spacial score (nSPS) is 15.7. The predicted octanol–water partition coefficient (Wildman–Crippen LogP) is 4.00. The van der Waals surface area contributed by atoms with Crippen LogP contribution in [0.3, 0.4) is 0 Å². The van der Waals surface area contributed by atoms with Crippen LogP contribution < -0.4 is 4.90 Å². The van der Waals surface area contributed by atoms with Crippen molar-refractivity contribution in [1.82, 2.24) is 24.6 Å². The molecular weight excluding hydrogens is 471 g/mol.